The number of benzene rings is 3. The molecule has 2 atom stereocenters. The van der Waals surface area contributed by atoms with Gasteiger partial charge in [0.05, 0.1) is 18.1 Å². The van der Waals surface area contributed by atoms with Crippen LogP contribution < -0.4 is 10.1 Å². The molecule has 5 rings (SSSR count). The van der Waals surface area contributed by atoms with Crippen LogP contribution in [0.1, 0.15) is 77.6 Å². The van der Waals surface area contributed by atoms with Crippen molar-refractivity contribution in [3.05, 3.63) is 94.6 Å². The number of carbonyl (C=O) groups is 2. The van der Waals surface area contributed by atoms with E-state index in [-0.39, 0.29) is 22.5 Å². The Morgan fingerprint density at radius 2 is 1.73 bits per heavy atom. The van der Waals surface area contributed by atoms with Gasteiger partial charge in [0.1, 0.15) is 5.75 Å². The first-order chi connectivity index (χ1) is 22.8. The molecule has 256 valence electrons. The highest BCUT2D eigenvalue weighted by Gasteiger charge is 2.35. The van der Waals surface area contributed by atoms with Crippen LogP contribution in [0.5, 0.6) is 5.75 Å². The van der Waals surface area contributed by atoms with Gasteiger partial charge in [0.2, 0.25) is 0 Å². The van der Waals surface area contributed by atoms with Gasteiger partial charge in [-0.15, -0.1) is 11.8 Å². The number of aromatic nitrogens is 1. The number of carbonyl (C=O) groups excluding carboxylic acids is 2. The molecular formula is C40H49ClN2O4S. The second kappa shape index (κ2) is 15.5. The van der Waals surface area contributed by atoms with Crippen molar-refractivity contribution in [2.24, 2.45) is 5.41 Å². The molecule has 1 saturated heterocycles. The number of esters is 1. The summed E-state index contributed by atoms with van der Waals surface area (Å²) in [6, 6.07) is 24.2. The maximum Gasteiger partial charge on any atom is 0.311 e. The number of aryl methyl sites for hydroxylation is 1. The minimum absolute atomic E-state index is 0.0252. The zero-order valence-electron chi connectivity index (χ0n) is 29.1. The number of halogens is 1. The summed E-state index contributed by atoms with van der Waals surface area (Å²) in [6.07, 6.45) is 2.95. The molecule has 2 heterocycles. The highest BCUT2D eigenvalue weighted by Crippen LogP contribution is 2.44. The van der Waals surface area contributed by atoms with Crippen LogP contribution in [-0.2, 0) is 33.7 Å². The summed E-state index contributed by atoms with van der Waals surface area (Å²) in [5.74, 6) is 0.564. The first-order valence-electron chi connectivity index (χ1n) is 17.1. The fraction of sp³-hybridized carbons (Fsp3) is 0.450. The van der Waals surface area contributed by atoms with Gasteiger partial charge in [-0.3, -0.25) is 9.59 Å². The Labute approximate surface area is 294 Å². The van der Waals surface area contributed by atoms with E-state index in [2.05, 4.69) is 54.9 Å². The highest BCUT2D eigenvalue weighted by molar-refractivity contribution is 8.00. The molecule has 0 radical (unpaired) electrons. The molecule has 1 fully saturated rings. The number of nitrogens with one attached hydrogen (secondary N) is 1. The number of ether oxygens (including phenoxy) is 2. The Morgan fingerprint density at radius 3 is 2.38 bits per heavy atom. The second-order valence-electron chi connectivity index (χ2n) is 14.4. The lowest BCUT2D eigenvalue weighted by Crippen LogP contribution is -2.44. The van der Waals surface area contributed by atoms with Crippen LogP contribution in [-0.4, -0.2) is 46.4 Å². The van der Waals surface area contributed by atoms with E-state index in [0.29, 0.717) is 43.2 Å². The van der Waals surface area contributed by atoms with Gasteiger partial charge in [0.15, 0.2) is 11.9 Å². The number of hydrogen-bond acceptors (Lipinski definition) is 6. The topological polar surface area (TPSA) is 69.6 Å². The number of nitrogens with zero attached hydrogens (tertiary/aromatic N) is 1. The summed E-state index contributed by atoms with van der Waals surface area (Å²) in [4.78, 5) is 28.1. The van der Waals surface area contributed by atoms with Crippen LogP contribution >= 0.6 is 23.4 Å². The maximum atomic E-state index is 13.8. The Hall–Kier alpha value is -3.26. The Morgan fingerprint density at radius 1 is 1.00 bits per heavy atom. The van der Waals surface area contributed by atoms with Gasteiger partial charge >= 0.3 is 5.97 Å². The molecule has 1 N–H and O–H groups in total. The lowest BCUT2D eigenvalue weighted by molar-refractivity contribution is -0.153. The van der Waals surface area contributed by atoms with Gasteiger partial charge in [-0.1, -0.05) is 74.8 Å². The monoisotopic (exact) mass is 688 g/mol. The number of ketones is 1. The fourth-order valence-corrected chi connectivity index (χ4v) is 7.65. The van der Waals surface area contributed by atoms with Crippen LogP contribution in [0.25, 0.3) is 10.9 Å². The van der Waals surface area contributed by atoms with Gasteiger partial charge in [0, 0.05) is 50.6 Å². The van der Waals surface area contributed by atoms with Gasteiger partial charge in [-0.25, -0.2) is 0 Å². The average Bonchev–Trinajstić information content (AvgIpc) is 3.67. The molecule has 4 aromatic rings. The van der Waals surface area contributed by atoms with Crippen molar-refractivity contribution >= 4 is 46.0 Å². The fourth-order valence-electron chi connectivity index (χ4n) is 6.34. The molecule has 0 bridgehead atoms. The minimum atomic E-state index is -0.751. The molecule has 2 unspecified atom stereocenters. The SMILES string of the molecule is CCOC(=O)C(C)(C)Cc1c(SC(C)(C)C)c2cc(OC(C(=O)CCc3ccccc3)C3CCCN3)ccc2n1Cc1ccc(Cl)cc1. The quantitative estimate of drug-likeness (QED) is 0.105. The minimum Gasteiger partial charge on any atom is -0.481 e. The third-order valence-corrected chi connectivity index (χ3v) is 10.3. The molecule has 0 aliphatic carbocycles. The summed E-state index contributed by atoms with van der Waals surface area (Å²) >= 11 is 8.04. The Balaban J connectivity index is 1.57. The van der Waals surface area contributed by atoms with Crippen molar-refractivity contribution < 1.29 is 19.1 Å². The molecule has 8 heteroatoms. The van der Waals surface area contributed by atoms with Crippen LogP contribution in [0.4, 0.5) is 0 Å². The summed E-state index contributed by atoms with van der Waals surface area (Å²) in [7, 11) is 0. The lowest BCUT2D eigenvalue weighted by atomic mass is 9.87. The number of fused-ring (bicyclic) bond motifs is 1. The van der Waals surface area contributed by atoms with Crippen LogP contribution in [0.15, 0.2) is 77.7 Å². The second-order valence-corrected chi connectivity index (χ2v) is 16.6. The van der Waals surface area contributed by atoms with Gasteiger partial charge in [-0.2, -0.15) is 0 Å². The van der Waals surface area contributed by atoms with Crippen LogP contribution in [0.2, 0.25) is 5.02 Å². The lowest BCUT2D eigenvalue weighted by Gasteiger charge is -2.26. The summed E-state index contributed by atoms with van der Waals surface area (Å²) in [6.45, 7) is 14.2. The first kappa shape index (κ1) is 36.0. The summed E-state index contributed by atoms with van der Waals surface area (Å²) in [5.41, 5.74) is 3.62. The van der Waals surface area contributed by atoms with E-state index in [9.17, 15) is 9.59 Å². The van der Waals surface area contributed by atoms with Crippen molar-refractivity contribution in [3.8, 4) is 5.75 Å². The zero-order chi connectivity index (χ0) is 34.5. The molecular weight excluding hydrogens is 640 g/mol. The predicted molar refractivity (Wildman–Crippen MR) is 197 cm³/mol. The molecule has 1 aliphatic rings. The average molecular weight is 689 g/mol. The Bertz CT molecular complexity index is 1700. The third-order valence-electron chi connectivity index (χ3n) is 8.74. The van der Waals surface area contributed by atoms with Crippen molar-refractivity contribution in [3.63, 3.8) is 0 Å². The number of thioether (sulfide) groups is 1. The number of hydrogen-bond donors (Lipinski definition) is 1. The highest BCUT2D eigenvalue weighted by atomic mass is 35.5. The standard InChI is InChI=1S/C40H49ClN2O4S/c1-7-46-38(45)40(5,6)25-34-37(48-39(2,3)4)31-24-30(20-21-33(31)43(34)26-28-15-18-29(41)19-16-28)47-36(32-14-11-23-42-32)35(44)22-17-27-12-9-8-10-13-27/h8-10,12-13,15-16,18-21,24,32,36,42H,7,11,14,17,22-23,25-26H2,1-6H3. The summed E-state index contributed by atoms with van der Waals surface area (Å²) < 4.78 is 14.4. The van der Waals surface area contributed by atoms with Gasteiger partial charge in [0.25, 0.3) is 0 Å². The molecule has 0 saturated carbocycles. The van der Waals surface area contributed by atoms with Crippen molar-refractivity contribution in [2.75, 3.05) is 13.2 Å². The maximum absolute atomic E-state index is 13.8. The molecule has 1 aromatic heterocycles. The Kier molecular flexibility index (Phi) is 11.7. The number of rotatable bonds is 14. The van der Waals surface area contributed by atoms with Crippen molar-refractivity contribution in [1.29, 1.82) is 0 Å². The van der Waals surface area contributed by atoms with E-state index >= 15 is 0 Å². The molecule has 1 aliphatic heterocycles. The smallest absolute Gasteiger partial charge is 0.311 e. The van der Waals surface area contributed by atoms with Gasteiger partial charge < -0.3 is 19.4 Å². The third kappa shape index (κ3) is 9.04. The van der Waals surface area contributed by atoms with Gasteiger partial charge in [-0.05, 0) is 88.0 Å². The predicted octanol–water partition coefficient (Wildman–Crippen LogP) is 9.07. The van der Waals surface area contributed by atoms with E-state index < -0.39 is 11.5 Å². The normalized spacial score (nSPS) is 15.9. The van der Waals surface area contributed by atoms with E-state index in [1.165, 1.54) is 0 Å². The van der Waals surface area contributed by atoms with E-state index in [1.807, 2.05) is 69.3 Å². The molecule has 0 spiro atoms. The van der Waals surface area contributed by atoms with Crippen molar-refractivity contribution in [2.45, 2.75) is 102 Å². The zero-order valence-corrected chi connectivity index (χ0v) is 30.7. The summed E-state index contributed by atoms with van der Waals surface area (Å²) in [5, 5.41) is 5.26. The molecule has 6 nitrogen and oxygen atoms in total. The van der Waals surface area contributed by atoms with E-state index in [4.69, 9.17) is 21.1 Å². The molecule has 0 amide bonds. The molecule has 3 aromatic carbocycles. The molecule has 48 heavy (non-hydrogen) atoms. The van der Waals surface area contributed by atoms with Crippen LogP contribution in [0.3, 0.4) is 0 Å². The largest absolute Gasteiger partial charge is 0.481 e. The van der Waals surface area contributed by atoms with E-state index in [0.717, 1.165) is 52.0 Å². The first-order valence-corrected chi connectivity index (χ1v) is 18.3. The van der Waals surface area contributed by atoms with E-state index in [1.54, 1.807) is 11.8 Å². The van der Waals surface area contributed by atoms with Crippen molar-refractivity contribution in [1.82, 2.24) is 9.88 Å². The number of Topliss-reactive ketones (excluding diaryl/α,β-unsaturated/α-hetero) is 1. The van der Waals surface area contributed by atoms with Crippen LogP contribution in [0, 0.1) is 5.41 Å².